The molecule has 0 aliphatic carbocycles. The quantitative estimate of drug-likeness (QED) is 0.795. The minimum Gasteiger partial charge on any atom is -0.368 e. The average Bonchev–Trinajstić information content (AvgIpc) is 2.49. The highest BCUT2D eigenvalue weighted by atomic mass is 35.5. The lowest BCUT2D eigenvalue weighted by molar-refractivity contribution is -0.137. The van der Waals surface area contributed by atoms with E-state index in [1.165, 1.54) is 13.0 Å². The number of aromatic nitrogens is 3. The number of rotatable bonds is 5. The van der Waals surface area contributed by atoms with Gasteiger partial charge in [-0.05, 0) is 19.1 Å². The third kappa shape index (κ3) is 4.50. The summed E-state index contributed by atoms with van der Waals surface area (Å²) in [7, 11) is 0. The van der Waals surface area contributed by atoms with Gasteiger partial charge in [0.2, 0.25) is 0 Å². The fourth-order valence-electron chi connectivity index (χ4n) is 1.89. The Bertz CT molecular complexity index is 704. The second kappa shape index (κ2) is 7.25. The van der Waals surface area contributed by atoms with Crippen LogP contribution in [0.15, 0.2) is 18.3 Å². The predicted octanol–water partition coefficient (Wildman–Crippen LogP) is 4.44. The molecule has 0 unspecified atom stereocenters. The van der Waals surface area contributed by atoms with Crippen molar-refractivity contribution in [2.24, 2.45) is 0 Å². The molecule has 2 rings (SSSR count). The Morgan fingerprint density at radius 1 is 1.21 bits per heavy atom. The van der Waals surface area contributed by atoms with Crippen LogP contribution in [0.1, 0.15) is 29.2 Å². The molecule has 0 saturated carbocycles. The summed E-state index contributed by atoms with van der Waals surface area (Å²) in [6, 6.07) is 2.18. The van der Waals surface area contributed by atoms with Crippen molar-refractivity contribution in [2.45, 2.75) is 25.9 Å². The number of alkyl halides is 5. The fourth-order valence-corrected chi connectivity index (χ4v) is 2.13. The highest BCUT2D eigenvalue weighted by molar-refractivity contribution is 6.33. The summed E-state index contributed by atoms with van der Waals surface area (Å²) in [5.74, 6) is 0.177. The third-order valence-corrected chi connectivity index (χ3v) is 3.39. The van der Waals surface area contributed by atoms with Crippen LogP contribution in [0.25, 0.3) is 0 Å². The topological polar surface area (TPSA) is 50.7 Å². The number of aryl methyl sites for hydroxylation is 1. The first-order valence-electron chi connectivity index (χ1n) is 6.76. The Morgan fingerprint density at radius 3 is 2.46 bits per heavy atom. The van der Waals surface area contributed by atoms with Gasteiger partial charge in [-0.15, -0.1) is 0 Å². The van der Waals surface area contributed by atoms with Crippen molar-refractivity contribution < 1.29 is 22.0 Å². The molecule has 0 spiro atoms. The Morgan fingerprint density at radius 2 is 1.92 bits per heavy atom. The van der Waals surface area contributed by atoms with E-state index in [9.17, 15) is 22.0 Å². The first-order chi connectivity index (χ1) is 11.2. The Kier molecular flexibility index (Phi) is 5.53. The Balaban J connectivity index is 2.02. The zero-order valence-electron chi connectivity index (χ0n) is 12.3. The van der Waals surface area contributed by atoms with Gasteiger partial charge in [-0.1, -0.05) is 11.6 Å². The molecule has 2 aromatic rings. The zero-order valence-corrected chi connectivity index (χ0v) is 13.1. The van der Waals surface area contributed by atoms with Gasteiger partial charge in [0.1, 0.15) is 22.4 Å². The summed E-state index contributed by atoms with van der Waals surface area (Å²) in [5.41, 5.74) is -0.999. The minimum atomic E-state index is -4.44. The average molecular weight is 367 g/mol. The number of pyridine rings is 1. The van der Waals surface area contributed by atoms with Crippen molar-refractivity contribution in [3.8, 4) is 0 Å². The molecule has 0 bridgehead atoms. The molecule has 24 heavy (non-hydrogen) atoms. The molecule has 0 atom stereocenters. The summed E-state index contributed by atoms with van der Waals surface area (Å²) in [6.07, 6.45) is -6.27. The van der Waals surface area contributed by atoms with E-state index in [0.717, 1.165) is 12.3 Å². The summed E-state index contributed by atoms with van der Waals surface area (Å²) in [4.78, 5) is 11.2. The second-order valence-corrected chi connectivity index (χ2v) is 5.21. The van der Waals surface area contributed by atoms with Gasteiger partial charge >= 0.3 is 6.18 Å². The van der Waals surface area contributed by atoms with E-state index in [1.807, 2.05) is 0 Å². The molecular weight excluding hydrogens is 355 g/mol. The maximum atomic E-state index is 12.8. The molecule has 0 amide bonds. The molecule has 0 aliphatic rings. The van der Waals surface area contributed by atoms with E-state index in [4.69, 9.17) is 11.6 Å². The van der Waals surface area contributed by atoms with Gasteiger partial charge < -0.3 is 5.32 Å². The van der Waals surface area contributed by atoms with Gasteiger partial charge in [0.25, 0.3) is 6.43 Å². The lowest BCUT2D eigenvalue weighted by Crippen LogP contribution is -2.11. The second-order valence-electron chi connectivity index (χ2n) is 4.83. The van der Waals surface area contributed by atoms with Crippen LogP contribution in [0.5, 0.6) is 0 Å². The van der Waals surface area contributed by atoms with Crippen molar-refractivity contribution in [1.29, 1.82) is 0 Å². The summed E-state index contributed by atoms with van der Waals surface area (Å²) in [5, 5.41) is 2.48. The highest BCUT2D eigenvalue weighted by Gasteiger charge is 2.30. The van der Waals surface area contributed by atoms with Crippen LogP contribution >= 0.6 is 11.6 Å². The third-order valence-electron chi connectivity index (χ3n) is 3.02. The molecule has 0 aromatic carbocycles. The lowest BCUT2D eigenvalue weighted by atomic mass is 10.2. The maximum Gasteiger partial charge on any atom is 0.417 e. The van der Waals surface area contributed by atoms with Crippen LogP contribution in [-0.4, -0.2) is 21.5 Å². The van der Waals surface area contributed by atoms with Crippen molar-refractivity contribution in [2.75, 3.05) is 11.9 Å². The van der Waals surface area contributed by atoms with E-state index >= 15 is 0 Å². The summed E-state index contributed by atoms with van der Waals surface area (Å²) in [6.45, 7) is 1.65. The van der Waals surface area contributed by atoms with E-state index in [1.54, 1.807) is 0 Å². The van der Waals surface area contributed by atoms with Gasteiger partial charge in [0.05, 0.1) is 5.56 Å². The first-order valence-corrected chi connectivity index (χ1v) is 7.14. The van der Waals surface area contributed by atoms with Crippen LogP contribution in [0.2, 0.25) is 5.02 Å². The molecule has 0 radical (unpaired) electrons. The smallest absolute Gasteiger partial charge is 0.368 e. The molecule has 0 aliphatic heterocycles. The zero-order chi connectivity index (χ0) is 17.9. The van der Waals surface area contributed by atoms with Crippen molar-refractivity contribution >= 4 is 17.4 Å². The number of hydrogen-bond acceptors (Lipinski definition) is 4. The Hall–Kier alpha value is -2.03. The highest BCUT2D eigenvalue weighted by Crippen LogP contribution is 2.30. The van der Waals surface area contributed by atoms with Crippen LogP contribution in [-0.2, 0) is 12.6 Å². The SMILES string of the molecule is Cc1nc(NCCc2ccc(C(F)(F)F)cn2)c(Cl)c(C(F)F)n1. The van der Waals surface area contributed by atoms with Crippen LogP contribution < -0.4 is 5.32 Å². The molecule has 130 valence electrons. The van der Waals surface area contributed by atoms with Crippen LogP contribution in [0.3, 0.4) is 0 Å². The molecule has 2 heterocycles. The summed E-state index contributed by atoms with van der Waals surface area (Å²) >= 11 is 5.82. The van der Waals surface area contributed by atoms with Crippen LogP contribution in [0.4, 0.5) is 27.8 Å². The molecule has 0 fully saturated rings. The van der Waals surface area contributed by atoms with Crippen molar-refractivity contribution in [3.05, 3.63) is 46.1 Å². The summed E-state index contributed by atoms with van der Waals surface area (Å²) < 4.78 is 62.9. The standard InChI is InChI=1S/C14H12ClF5N4/c1-7-23-11(12(16)17)10(15)13(24-7)21-5-4-9-3-2-8(6-22-9)14(18,19)20/h2-3,6,12H,4-5H2,1H3,(H,21,23,24). The number of hydrogen-bond donors (Lipinski definition) is 1. The molecule has 10 heteroatoms. The van der Waals surface area contributed by atoms with E-state index in [2.05, 4.69) is 20.3 Å². The number of nitrogens with one attached hydrogen (secondary N) is 1. The molecule has 0 saturated heterocycles. The van der Waals surface area contributed by atoms with Gasteiger partial charge in [-0.2, -0.15) is 13.2 Å². The molecule has 4 nitrogen and oxygen atoms in total. The van der Waals surface area contributed by atoms with E-state index < -0.39 is 23.9 Å². The molecular formula is C14H12ClF5N4. The fraction of sp³-hybridized carbons (Fsp3) is 0.357. The van der Waals surface area contributed by atoms with Gasteiger partial charge in [-0.25, -0.2) is 18.7 Å². The van der Waals surface area contributed by atoms with Gasteiger partial charge in [0, 0.05) is 24.9 Å². The molecule has 2 aromatic heterocycles. The largest absolute Gasteiger partial charge is 0.417 e. The van der Waals surface area contributed by atoms with E-state index in [0.29, 0.717) is 5.69 Å². The normalized spacial score (nSPS) is 11.8. The molecule has 1 N–H and O–H groups in total. The van der Waals surface area contributed by atoms with Crippen LogP contribution in [0, 0.1) is 6.92 Å². The van der Waals surface area contributed by atoms with Gasteiger partial charge in [0.15, 0.2) is 0 Å². The Labute approximate surface area is 139 Å². The first kappa shape index (κ1) is 18.3. The number of nitrogens with zero attached hydrogens (tertiary/aromatic N) is 3. The monoisotopic (exact) mass is 366 g/mol. The maximum absolute atomic E-state index is 12.8. The number of halogens is 6. The van der Waals surface area contributed by atoms with Crippen molar-refractivity contribution in [1.82, 2.24) is 15.0 Å². The minimum absolute atomic E-state index is 0.0476. The van der Waals surface area contributed by atoms with Crippen molar-refractivity contribution in [3.63, 3.8) is 0 Å². The van der Waals surface area contributed by atoms with Gasteiger partial charge in [-0.3, -0.25) is 4.98 Å². The van der Waals surface area contributed by atoms with E-state index in [-0.39, 0.29) is 29.6 Å². The lowest BCUT2D eigenvalue weighted by Gasteiger charge is -2.11. The predicted molar refractivity (Wildman–Crippen MR) is 78.2 cm³/mol. The number of anilines is 1.